The zero-order chi connectivity index (χ0) is 14.2. The van der Waals surface area contributed by atoms with Gasteiger partial charge in [-0.05, 0) is 6.92 Å². The van der Waals surface area contributed by atoms with Gasteiger partial charge in [0.2, 0.25) is 0 Å². The molecule has 0 amide bonds. The monoisotopic (exact) mass is 291 g/mol. The lowest BCUT2D eigenvalue weighted by Crippen LogP contribution is -2.15. The molecule has 1 aromatic carbocycles. The summed E-state index contributed by atoms with van der Waals surface area (Å²) in [5.41, 5.74) is -0.815. The van der Waals surface area contributed by atoms with Gasteiger partial charge >= 0.3 is 0 Å². The lowest BCUT2D eigenvalue weighted by atomic mass is 10.3. The Morgan fingerprint density at radius 1 is 1.26 bits per heavy atom. The van der Waals surface area contributed by atoms with Crippen LogP contribution in [0.25, 0.3) is 0 Å². The molecule has 0 fully saturated rings. The van der Waals surface area contributed by atoms with Crippen LogP contribution in [0, 0.1) is 24.4 Å². The van der Waals surface area contributed by atoms with Crippen molar-refractivity contribution in [1.82, 2.24) is 9.97 Å². The first-order valence-electron chi connectivity index (χ1n) is 4.98. The van der Waals surface area contributed by atoms with Crippen molar-refractivity contribution >= 4 is 15.7 Å². The molecule has 1 heterocycles. The third-order valence-electron chi connectivity index (χ3n) is 2.21. The molecule has 0 unspecified atom stereocenters. The molecule has 19 heavy (non-hydrogen) atoms. The number of imidazole rings is 1. The van der Waals surface area contributed by atoms with Gasteiger partial charge in [0.15, 0.2) is 16.7 Å². The Kier molecular flexibility index (Phi) is 3.23. The number of aryl methyl sites for hydroxylation is 1. The number of benzene rings is 1. The van der Waals surface area contributed by atoms with Crippen molar-refractivity contribution in [1.29, 1.82) is 0 Å². The number of nitrogens with zero attached hydrogens (tertiary/aromatic N) is 1. The first kappa shape index (κ1) is 13.4. The maximum absolute atomic E-state index is 13.3. The number of halogens is 3. The van der Waals surface area contributed by atoms with Crippen molar-refractivity contribution < 1.29 is 21.6 Å². The molecule has 2 rings (SSSR count). The van der Waals surface area contributed by atoms with Gasteiger partial charge in [-0.25, -0.2) is 18.2 Å². The zero-order valence-corrected chi connectivity index (χ0v) is 10.4. The maximum Gasteiger partial charge on any atom is 0.279 e. The average molecular weight is 291 g/mol. The van der Waals surface area contributed by atoms with Gasteiger partial charge in [0.05, 0.1) is 11.9 Å². The number of rotatable bonds is 3. The van der Waals surface area contributed by atoms with Crippen molar-refractivity contribution in [2.24, 2.45) is 0 Å². The summed E-state index contributed by atoms with van der Waals surface area (Å²) in [4.78, 5) is 6.08. The molecule has 0 aliphatic carbocycles. The summed E-state index contributed by atoms with van der Waals surface area (Å²) in [5, 5.41) is -0.339. The molecule has 9 heteroatoms. The molecular formula is C10H8F3N3O2S. The number of H-pyrrole nitrogens is 1. The Hall–Kier alpha value is -2.03. The third-order valence-corrected chi connectivity index (χ3v) is 3.48. The van der Waals surface area contributed by atoms with Crippen molar-refractivity contribution in [2.45, 2.75) is 11.9 Å². The van der Waals surface area contributed by atoms with E-state index in [0.717, 1.165) is 6.20 Å². The van der Waals surface area contributed by atoms with Crippen molar-refractivity contribution in [3.05, 3.63) is 41.6 Å². The molecule has 0 bridgehead atoms. The molecular weight excluding hydrogens is 283 g/mol. The predicted octanol–water partition coefficient (Wildman–Crippen LogP) is 1.94. The van der Waals surface area contributed by atoms with Gasteiger partial charge < -0.3 is 4.98 Å². The summed E-state index contributed by atoms with van der Waals surface area (Å²) in [7, 11) is -4.19. The summed E-state index contributed by atoms with van der Waals surface area (Å²) in [5.74, 6) is -3.75. The third kappa shape index (κ3) is 2.70. The second kappa shape index (κ2) is 4.57. The van der Waals surface area contributed by atoms with E-state index in [1.54, 1.807) is 4.72 Å². The lowest BCUT2D eigenvalue weighted by Gasteiger charge is -2.07. The highest BCUT2D eigenvalue weighted by atomic mass is 32.2. The smallest absolute Gasteiger partial charge is 0.279 e. The molecule has 0 radical (unpaired) electrons. The van der Waals surface area contributed by atoms with Gasteiger partial charge in [0.1, 0.15) is 11.6 Å². The van der Waals surface area contributed by atoms with Crippen LogP contribution in [0.4, 0.5) is 18.9 Å². The van der Waals surface area contributed by atoms with Crippen LogP contribution in [0.5, 0.6) is 0 Å². The number of hydrogen-bond donors (Lipinski definition) is 2. The Morgan fingerprint density at radius 3 is 2.53 bits per heavy atom. The van der Waals surface area contributed by atoms with Gasteiger partial charge in [-0.1, -0.05) is 0 Å². The van der Waals surface area contributed by atoms with Gasteiger partial charge in [0, 0.05) is 12.1 Å². The lowest BCUT2D eigenvalue weighted by molar-refractivity contribution is 0.498. The fourth-order valence-electron chi connectivity index (χ4n) is 1.36. The van der Waals surface area contributed by atoms with Crippen LogP contribution in [0.15, 0.2) is 23.4 Å². The first-order chi connectivity index (χ1) is 8.79. The van der Waals surface area contributed by atoms with E-state index in [1.165, 1.54) is 6.92 Å². The van der Waals surface area contributed by atoms with Gasteiger partial charge in [-0.2, -0.15) is 8.42 Å². The molecule has 0 atom stereocenters. The minimum Gasteiger partial charge on any atom is -0.332 e. The highest BCUT2D eigenvalue weighted by Crippen LogP contribution is 2.22. The number of anilines is 1. The van der Waals surface area contributed by atoms with Crippen LogP contribution in [-0.2, 0) is 10.0 Å². The van der Waals surface area contributed by atoms with Crippen LogP contribution >= 0.6 is 0 Å². The number of aromatic nitrogens is 2. The molecule has 0 saturated carbocycles. The van der Waals surface area contributed by atoms with E-state index in [-0.39, 0.29) is 5.03 Å². The molecule has 2 aromatic rings. The van der Waals surface area contributed by atoms with E-state index < -0.39 is 33.2 Å². The number of sulfonamides is 1. The van der Waals surface area contributed by atoms with Crippen molar-refractivity contribution in [2.75, 3.05) is 4.72 Å². The largest absolute Gasteiger partial charge is 0.332 e. The molecule has 0 saturated heterocycles. The molecule has 0 spiro atoms. The standard InChI is InChI=1S/C10H8F3N3O2S/c1-5-14-4-9(15-5)19(17,18)16-8-3-6(11)2-7(12)10(8)13/h2-4,16H,1H3,(H,14,15). The Labute approximate surface area is 106 Å². The highest BCUT2D eigenvalue weighted by molar-refractivity contribution is 7.92. The second-order valence-electron chi connectivity index (χ2n) is 3.69. The molecule has 1 aromatic heterocycles. The molecule has 102 valence electrons. The van der Waals surface area contributed by atoms with Crippen LogP contribution in [-0.4, -0.2) is 18.4 Å². The summed E-state index contributed by atoms with van der Waals surface area (Å²) in [6.45, 7) is 1.52. The van der Waals surface area contributed by atoms with Crippen molar-refractivity contribution in [3.8, 4) is 0 Å². The predicted molar refractivity (Wildman–Crippen MR) is 60.4 cm³/mol. The van der Waals surface area contributed by atoms with E-state index >= 15 is 0 Å². The first-order valence-corrected chi connectivity index (χ1v) is 6.47. The number of aromatic amines is 1. The van der Waals surface area contributed by atoms with Crippen LogP contribution in [0.3, 0.4) is 0 Å². The summed E-state index contributed by atoms with van der Waals surface area (Å²) < 4.78 is 64.6. The summed E-state index contributed by atoms with van der Waals surface area (Å²) >= 11 is 0. The van der Waals surface area contributed by atoms with Gasteiger partial charge in [-0.15, -0.1) is 0 Å². The van der Waals surface area contributed by atoms with Crippen LogP contribution in [0.2, 0.25) is 0 Å². The quantitative estimate of drug-likeness (QED) is 0.849. The Morgan fingerprint density at radius 2 is 1.95 bits per heavy atom. The Balaban J connectivity index is 2.41. The van der Waals surface area contributed by atoms with E-state index in [0.29, 0.717) is 18.0 Å². The van der Waals surface area contributed by atoms with Crippen LogP contribution < -0.4 is 4.72 Å². The highest BCUT2D eigenvalue weighted by Gasteiger charge is 2.20. The van der Waals surface area contributed by atoms with E-state index in [4.69, 9.17) is 0 Å². The molecule has 2 N–H and O–H groups in total. The topological polar surface area (TPSA) is 74.8 Å². The van der Waals surface area contributed by atoms with E-state index in [9.17, 15) is 21.6 Å². The number of nitrogens with one attached hydrogen (secondary N) is 2. The average Bonchev–Trinajstić information content (AvgIpc) is 2.72. The second-order valence-corrected chi connectivity index (χ2v) is 5.34. The van der Waals surface area contributed by atoms with Crippen LogP contribution in [0.1, 0.15) is 5.82 Å². The molecule has 0 aliphatic rings. The van der Waals surface area contributed by atoms with E-state index in [2.05, 4.69) is 9.97 Å². The van der Waals surface area contributed by atoms with E-state index in [1.807, 2.05) is 0 Å². The molecule has 5 nitrogen and oxygen atoms in total. The fourth-order valence-corrected chi connectivity index (χ4v) is 2.39. The minimum atomic E-state index is -4.19. The fraction of sp³-hybridized carbons (Fsp3) is 0.100. The maximum atomic E-state index is 13.3. The van der Waals surface area contributed by atoms with Crippen molar-refractivity contribution in [3.63, 3.8) is 0 Å². The minimum absolute atomic E-state index is 0.313. The SMILES string of the molecule is Cc1ncc(S(=O)(=O)Nc2cc(F)cc(F)c2F)[nH]1. The number of hydrogen-bond acceptors (Lipinski definition) is 3. The van der Waals surface area contributed by atoms with Gasteiger partial charge in [0.25, 0.3) is 10.0 Å². The molecule has 0 aliphatic heterocycles. The normalized spacial score (nSPS) is 11.6. The zero-order valence-electron chi connectivity index (χ0n) is 9.54. The summed E-state index contributed by atoms with van der Waals surface area (Å²) in [6, 6.07) is 0.854. The van der Waals surface area contributed by atoms with Gasteiger partial charge in [-0.3, -0.25) is 4.72 Å². The summed E-state index contributed by atoms with van der Waals surface area (Å²) in [6.07, 6.45) is 1.01. The Bertz CT molecular complexity index is 728.